The van der Waals surface area contributed by atoms with Gasteiger partial charge >= 0.3 is 6.09 Å². The fourth-order valence-electron chi connectivity index (χ4n) is 6.97. The van der Waals surface area contributed by atoms with Crippen LogP contribution in [0.2, 0.25) is 0 Å². The molecule has 0 aliphatic carbocycles. The maximum atomic E-state index is 15.0. The van der Waals surface area contributed by atoms with Gasteiger partial charge in [0.15, 0.2) is 0 Å². The standard InChI is InChI=1S/C36H40N6O7S/c1-4-48-33-8-6-5-7-30(33)36(49-35(45)41-21-19-40(20-22-41)28-15-17-39(3)18-16-28)31-23-26(24-37)9-14-32(31)42(34(36)44)50(46,47)29-12-10-27(11-13-29)38-25(2)43/h5-14,23,28H,4,15-22H2,1-3H3,(H,38,43). The van der Waals surface area contributed by atoms with Gasteiger partial charge in [-0.1, -0.05) is 18.2 Å². The Morgan fingerprint density at radius 2 is 1.64 bits per heavy atom. The number of hydrogen-bond acceptors (Lipinski definition) is 10. The Morgan fingerprint density at radius 3 is 2.28 bits per heavy atom. The first-order valence-electron chi connectivity index (χ1n) is 16.6. The van der Waals surface area contributed by atoms with E-state index in [0.29, 0.717) is 42.2 Å². The number of likely N-dealkylation sites (tertiary alicyclic amines) is 1. The number of fused-ring (bicyclic) bond motifs is 1. The maximum Gasteiger partial charge on any atom is 0.411 e. The van der Waals surface area contributed by atoms with Crippen molar-refractivity contribution in [3.8, 4) is 11.8 Å². The van der Waals surface area contributed by atoms with Crippen LogP contribution in [0.1, 0.15) is 43.4 Å². The molecule has 50 heavy (non-hydrogen) atoms. The summed E-state index contributed by atoms with van der Waals surface area (Å²) < 4.78 is 41.7. The number of hydrogen-bond donors (Lipinski definition) is 1. The highest BCUT2D eigenvalue weighted by Gasteiger charge is 2.61. The molecule has 3 aliphatic heterocycles. The number of rotatable bonds is 8. The lowest BCUT2D eigenvalue weighted by Crippen LogP contribution is -2.55. The largest absolute Gasteiger partial charge is 0.493 e. The topological polar surface area (TPSA) is 153 Å². The highest BCUT2D eigenvalue weighted by molar-refractivity contribution is 7.93. The third kappa shape index (κ3) is 6.39. The molecule has 0 saturated carbocycles. The van der Waals surface area contributed by atoms with Crippen molar-refractivity contribution in [2.75, 3.05) is 62.5 Å². The Balaban J connectivity index is 1.42. The van der Waals surface area contributed by atoms with Gasteiger partial charge in [0.25, 0.3) is 15.9 Å². The summed E-state index contributed by atoms with van der Waals surface area (Å²) in [6.45, 7) is 7.30. The van der Waals surface area contributed by atoms with Gasteiger partial charge in [-0.3, -0.25) is 14.5 Å². The number of nitrogens with one attached hydrogen (secondary N) is 1. The lowest BCUT2D eigenvalue weighted by Gasteiger charge is -2.42. The molecule has 262 valence electrons. The molecular weight excluding hydrogens is 660 g/mol. The summed E-state index contributed by atoms with van der Waals surface area (Å²) in [4.78, 5) is 46.8. The minimum Gasteiger partial charge on any atom is -0.493 e. The predicted molar refractivity (Wildman–Crippen MR) is 185 cm³/mol. The minimum absolute atomic E-state index is 0.0189. The van der Waals surface area contributed by atoms with Gasteiger partial charge in [0.05, 0.1) is 34.4 Å². The predicted octanol–water partition coefficient (Wildman–Crippen LogP) is 3.74. The summed E-state index contributed by atoms with van der Waals surface area (Å²) in [5.74, 6) is -1.17. The fourth-order valence-corrected chi connectivity index (χ4v) is 8.42. The summed E-state index contributed by atoms with van der Waals surface area (Å²) in [5.41, 5.74) is -1.74. The molecule has 2 saturated heterocycles. The number of carbonyl (C=O) groups excluding carboxylic acids is 3. The molecule has 0 spiro atoms. The van der Waals surface area contributed by atoms with Crippen LogP contribution in [-0.2, 0) is 30.0 Å². The summed E-state index contributed by atoms with van der Waals surface area (Å²) in [5, 5.41) is 12.5. The van der Waals surface area contributed by atoms with E-state index < -0.39 is 27.6 Å². The number of nitriles is 1. The summed E-state index contributed by atoms with van der Waals surface area (Å²) >= 11 is 0. The highest BCUT2D eigenvalue weighted by Crippen LogP contribution is 2.52. The smallest absolute Gasteiger partial charge is 0.411 e. The molecule has 3 aromatic rings. The number of piperazine rings is 1. The minimum atomic E-state index is -4.62. The van der Waals surface area contributed by atoms with E-state index in [1.807, 2.05) is 0 Å². The van der Waals surface area contributed by atoms with E-state index in [4.69, 9.17) is 9.47 Å². The Labute approximate surface area is 292 Å². The number of nitrogens with zero attached hydrogens (tertiary/aromatic N) is 5. The number of carbonyl (C=O) groups is 3. The van der Waals surface area contributed by atoms with E-state index in [-0.39, 0.29) is 45.5 Å². The van der Waals surface area contributed by atoms with Gasteiger partial charge in [-0.15, -0.1) is 0 Å². The molecule has 13 nitrogen and oxygen atoms in total. The van der Waals surface area contributed by atoms with Crippen LogP contribution in [0, 0.1) is 11.3 Å². The molecule has 0 bridgehead atoms. The van der Waals surface area contributed by atoms with Crippen molar-refractivity contribution >= 4 is 39.3 Å². The molecule has 3 amide bonds. The van der Waals surface area contributed by atoms with E-state index >= 15 is 4.79 Å². The fraction of sp³-hybridized carbons (Fsp3) is 0.389. The van der Waals surface area contributed by atoms with Gasteiger partial charge in [0.2, 0.25) is 11.5 Å². The third-order valence-corrected chi connectivity index (χ3v) is 11.2. The van der Waals surface area contributed by atoms with Crippen LogP contribution in [0.3, 0.4) is 0 Å². The molecule has 3 aliphatic rings. The van der Waals surface area contributed by atoms with E-state index in [2.05, 4.69) is 28.2 Å². The van der Waals surface area contributed by atoms with Crippen molar-refractivity contribution in [2.24, 2.45) is 0 Å². The van der Waals surface area contributed by atoms with Gasteiger partial charge in [-0.25, -0.2) is 13.2 Å². The van der Waals surface area contributed by atoms with E-state index in [1.54, 1.807) is 31.2 Å². The lowest BCUT2D eigenvalue weighted by molar-refractivity contribution is -0.132. The Bertz CT molecular complexity index is 1930. The molecule has 3 heterocycles. The Kier molecular flexibility index (Phi) is 9.84. The molecule has 2 fully saturated rings. The maximum absolute atomic E-state index is 15.0. The van der Waals surface area contributed by atoms with Crippen molar-refractivity contribution in [3.63, 3.8) is 0 Å². The molecule has 3 aromatic carbocycles. The number of para-hydroxylation sites is 1. The molecule has 0 radical (unpaired) electrons. The number of piperidine rings is 1. The zero-order valence-electron chi connectivity index (χ0n) is 28.3. The van der Waals surface area contributed by atoms with Crippen molar-refractivity contribution in [1.82, 2.24) is 14.7 Å². The van der Waals surface area contributed by atoms with Crippen LogP contribution in [0.5, 0.6) is 5.75 Å². The molecule has 1 N–H and O–H groups in total. The van der Waals surface area contributed by atoms with Crippen LogP contribution in [0.4, 0.5) is 16.2 Å². The van der Waals surface area contributed by atoms with Gasteiger partial charge < -0.3 is 24.6 Å². The second-order valence-corrected chi connectivity index (χ2v) is 14.4. The molecule has 6 rings (SSSR count). The van der Waals surface area contributed by atoms with Crippen LogP contribution in [-0.4, -0.2) is 100.0 Å². The number of amides is 3. The highest BCUT2D eigenvalue weighted by atomic mass is 32.2. The molecule has 14 heteroatoms. The summed E-state index contributed by atoms with van der Waals surface area (Å²) in [6.07, 6.45) is 1.30. The lowest BCUT2D eigenvalue weighted by atomic mass is 9.85. The van der Waals surface area contributed by atoms with Crippen LogP contribution in [0.15, 0.2) is 71.6 Å². The van der Waals surface area contributed by atoms with Crippen LogP contribution >= 0.6 is 0 Å². The quantitative estimate of drug-likeness (QED) is 0.368. The monoisotopic (exact) mass is 700 g/mol. The van der Waals surface area contributed by atoms with E-state index in [1.165, 1.54) is 54.3 Å². The number of ether oxygens (including phenoxy) is 2. The van der Waals surface area contributed by atoms with Gasteiger partial charge in [-0.2, -0.15) is 9.57 Å². The van der Waals surface area contributed by atoms with Crippen molar-refractivity contribution in [3.05, 3.63) is 83.4 Å². The summed E-state index contributed by atoms with van der Waals surface area (Å²) in [7, 11) is -2.51. The molecule has 1 atom stereocenters. The third-order valence-electron chi connectivity index (χ3n) is 9.51. The van der Waals surface area contributed by atoms with Gasteiger partial charge in [-0.05, 0) is 88.4 Å². The van der Waals surface area contributed by atoms with Crippen molar-refractivity contribution in [1.29, 1.82) is 5.26 Å². The SMILES string of the molecule is CCOc1ccccc1C1(OC(=O)N2CCN(C3CCN(C)CC3)CC2)C(=O)N(S(=O)(=O)c2ccc(NC(C)=O)cc2)c2ccc(C#N)cc21. The zero-order chi connectivity index (χ0) is 35.6. The van der Waals surface area contributed by atoms with Gasteiger partial charge in [0.1, 0.15) is 5.75 Å². The van der Waals surface area contributed by atoms with E-state index in [9.17, 15) is 23.3 Å². The van der Waals surface area contributed by atoms with E-state index in [0.717, 1.165) is 25.9 Å². The number of anilines is 2. The first kappa shape index (κ1) is 34.9. The van der Waals surface area contributed by atoms with Crippen molar-refractivity contribution in [2.45, 2.75) is 43.2 Å². The second kappa shape index (κ2) is 14.1. The Hall–Kier alpha value is -4.97. The molecule has 1 unspecified atom stereocenters. The van der Waals surface area contributed by atoms with Crippen LogP contribution < -0.4 is 14.4 Å². The second-order valence-electron chi connectivity index (χ2n) is 12.7. The average Bonchev–Trinajstić information content (AvgIpc) is 3.36. The number of sulfonamides is 1. The zero-order valence-corrected chi connectivity index (χ0v) is 29.1. The molecule has 0 aromatic heterocycles. The first-order valence-corrected chi connectivity index (χ1v) is 18.1. The average molecular weight is 701 g/mol. The first-order chi connectivity index (χ1) is 24.0. The summed E-state index contributed by atoms with van der Waals surface area (Å²) in [6, 6.07) is 18.6. The normalized spacial score (nSPS) is 20.2. The number of benzene rings is 3. The Morgan fingerprint density at radius 1 is 0.960 bits per heavy atom. The molecular formula is C36H40N6O7S. The van der Waals surface area contributed by atoms with Crippen LogP contribution in [0.25, 0.3) is 0 Å². The van der Waals surface area contributed by atoms with Gasteiger partial charge in [0, 0.05) is 50.4 Å². The van der Waals surface area contributed by atoms with Crippen molar-refractivity contribution < 1.29 is 32.3 Å².